The molecule has 0 spiro atoms. The van der Waals surface area contributed by atoms with Crippen molar-refractivity contribution in [1.82, 2.24) is 10.3 Å². The van der Waals surface area contributed by atoms with Crippen LogP contribution in [0.3, 0.4) is 0 Å². The predicted octanol–water partition coefficient (Wildman–Crippen LogP) is 1.63. The molecule has 1 rings (SSSR count). The second kappa shape index (κ2) is 4.96. The molecule has 3 nitrogen and oxygen atoms in total. The number of hydrogen-bond donors (Lipinski definition) is 1. The maximum absolute atomic E-state index is 11.2. The van der Waals surface area contributed by atoms with Crippen LogP contribution in [0.25, 0.3) is 0 Å². The molecule has 1 atom stereocenters. The van der Waals surface area contributed by atoms with E-state index in [9.17, 15) is 4.79 Å². The number of alkyl halides is 1. The van der Waals surface area contributed by atoms with E-state index < -0.39 is 5.38 Å². The van der Waals surface area contributed by atoms with Crippen LogP contribution in [0.15, 0.2) is 18.3 Å². The molecule has 1 aromatic heterocycles. The molecule has 1 N–H and O–H groups in total. The van der Waals surface area contributed by atoms with E-state index in [0.717, 1.165) is 11.3 Å². The van der Waals surface area contributed by atoms with Crippen LogP contribution in [0.1, 0.15) is 18.2 Å². The summed E-state index contributed by atoms with van der Waals surface area (Å²) in [6.07, 6.45) is 1.71. The zero-order chi connectivity index (χ0) is 10.6. The van der Waals surface area contributed by atoms with Crippen molar-refractivity contribution in [2.75, 3.05) is 0 Å². The van der Waals surface area contributed by atoms with Gasteiger partial charge in [-0.2, -0.15) is 0 Å². The maximum Gasteiger partial charge on any atom is 0.238 e. The Kier molecular flexibility index (Phi) is 3.89. The summed E-state index contributed by atoms with van der Waals surface area (Å²) >= 11 is 5.60. The molecule has 0 aliphatic heterocycles. The summed E-state index contributed by atoms with van der Waals surface area (Å²) in [6.45, 7) is 4.03. The van der Waals surface area contributed by atoms with Crippen LogP contribution in [-0.2, 0) is 11.3 Å². The van der Waals surface area contributed by atoms with Gasteiger partial charge in [0.05, 0.1) is 12.2 Å². The second-order valence-corrected chi connectivity index (χ2v) is 3.76. The highest BCUT2D eigenvalue weighted by molar-refractivity contribution is 6.30. The smallest absolute Gasteiger partial charge is 0.238 e. The summed E-state index contributed by atoms with van der Waals surface area (Å²) in [7, 11) is 0. The largest absolute Gasteiger partial charge is 0.349 e. The van der Waals surface area contributed by atoms with Gasteiger partial charge < -0.3 is 5.32 Å². The lowest BCUT2D eigenvalue weighted by molar-refractivity contribution is -0.120. The minimum absolute atomic E-state index is 0.170. The van der Waals surface area contributed by atoms with E-state index >= 15 is 0 Å². The lowest BCUT2D eigenvalue weighted by Crippen LogP contribution is -2.29. The Bertz CT molecular complexity index is 326. The van der Waals surface area contributed by atoms with E-state index in [1.807, 2.05) is 19.1 Å². The van der Waals surface area contributed by atoms with Crippen LogP contribution in [-0.4, -0.2) is 16.3 Å². The van der Waals surface area contributed by atoms with Crippen LogP contribution in [0.5, 0.6) is 0 Å². The highest BCUT2D eigenvalue weighted by atomic mass is 35.5. The number of nitrogens with zero attached hydrogens (tertiary/aromatic N) is 1. The van der Waals surface area contributed by atoms with Crippen molar-refractivity contribution in [1.29, 1.82) is 0 Å². The average Bonchev–Trinajstić information content (AvgIpc) is 2.16. The number of pyridine rings is 1. The summed E-state index contributed by atoms with van der Waals surface area (Å²) in [5, 5.41) is 2.20. The lowest BCUT2D eigenvalue weighted by atomic mass is 10.2. The van der Waals surface area contributed by atoms with E-state index in [2.05, 4.69) is 10.3 Å². The fraction of sp³-hybridized carbons (Fsp3) is 0.400. The van der Waals surface area contributed by atoms with Crippen LogP contribution in [0, 0.1) is 6.92 Å². The first-order chi connectivity index (χ1) is 6.61. The predicted molar refractivity (Wildman–Crippen MR) is 56.1 cm³/mol. The zero-order valence-corrected chi connectivity index (χ0v) is 9.01. The summed E-state index contributed by atoms with van der Waals surface area (Å²) in [4.78, 5) is 15.3. The number of aromatic nitrogens is 1. The van der Waals surface area contributed by atoms with Gasteiger partial charge in [-0.05, 0) is 25.5 Å². The van der Waals surface area contributed by atoms with Crippen LogP contribution in [0.2, 0.25) is 0 Å². The third kappa shape index (κ3) is 3.00. The SMILES string of the molecule is Cc1cccnc1CNC(=O)C(C)Cl. The zero-order valence-electron chi connectivity index (χ0n) is 8.25. The van der Waals surface area contributed by atoms with Crippen molar-refractivity contribution in [3.05, 3.63) is 29.6 Å². The molecule has 1 aromatic rings. The fourth-order valence-corrected chi connectivity index (χ4v) is 1.09. The van der Waals surface area contributed by atoms with Gasteiger partial charge in [-0.25, -0.2) is 0 Å². The van der Waals surface area contributed by atoms with E-state index in [4.69, 9.17) is 11.6 Å². The summed E-state index contributed by atoms with van der Waals surface area (Å²) in [5.41, 5.74) is 1.94. The van der Waals surface area contributed by atoms with E-state index in [-0.39, 0.29) is 5.91 Å². The lowest BCUT2D eigenvalue weighted by Gasteiger charge is -2.07. The average molecular weight is 213 g/mol. The number of carbonyl (C=O) groups excluding carboxylic acids is 1. The highest BCUT2D eigenvalue weighted by Gasteiger charge is 2.08. The van der Waals surface area contributed by atoms with Gasteiger partial charge in [-0.3, -0.25) is 9.78 Å². The quantitative estimate of drug-likeness (QED) is 0.774. The van der Waals surface area contributed by atoms with Gasteiger partial charge in [0.25, 0.3) is 0 Å². The van der Waals surface area contributed by atoms with Gasteiger partial charge in [0, 0.05) is 6.20 Å². The van der Waals surface area contributed by atoms with Gasteiger partial charge in [-0.1, -0.05) is 6.07 Å². The fourth-order valence-electron chi connectivity index (χ4n) is 1.01. The molecular weight excluding hydrogens is 200 g/mol. The van der Waals surface area contributed by atoms with Gasteiger partial charge in [-0.15, -0.1) is 11.6 Å². The van der Waals surface area contributed by atoms with Crippen molar-refractivity contribution in [3.63, 3.8) is 0 Å². The molecule has 0 aliphatic carbocycles. The Morgan fingerprint density at radius 1 is 1.71 bits per heavy atom. The molecule has 0 radical (unpaired) electrons. The van der Waals surface area contributed by atoms with Crippen LogP contribution in [0.4, 0.5) is 0 Å². The number of nitrogens with one attached hydrogen (secondary N) is 1. The third-order valence-electron chi connectivity index (χ3n) is 1.91. The normalized spacial score (nSPS) is 12.2. The molecule has 0 aromatic carbocycles. The van der Waals surface area contributed by atoms with Gasteiger partial charge in [0.2, 0.25) is 5.91 Å². The van der Waals surface area contributed by atoms with Crippen LogP contribution < -0.4 is 5.32 Å². The van der Waals surface area contributed by atoms with Gasteiger partial charge >= 0.3 is 0 Å². The molecule has 0 bridgehead atoms. The first-order valence-electron chi connectivity index (χ1n) is 4.43. The topological polar surface area (TPSA) is 42.0 Å². The Morgan fingerprint density at radius 3 is 3.00 bits per heavy atom. The minimum atomic E-state index is -0.501. The monoisotopic (exact) mass is 212 g/mol. The molecule has 0 saturated heterocycles. The number of rotatable bonds is 3. The maximum atomic E-state index is 11.2. The van der Waals surface area contributed by atoms with Crippen molar-refractivity contribution in [3.8, 4) is 0 Å². The van der Waals surface area contributed by atoms with E-state index in [1.165, 1.54) is 0 Å². The molecule has 0 fully saturated rings. The third-order valence-corrected chi connectivity index (χ3v) is 2.11. The number of halogens is 1. The molecule has 76 valence electrons. The molecule has 4 heteroatoms. The Balaban J connectivity index is 2.54. The molecule has 0 saturated carbocycles. The molecule has 14 heavy (non-hydrogen) atoms. The number of hydrogen-bond acceptors (Lipinski definition) is 2. The molecule has 1 unspecified atom stereocenters. The Labute approximate surface area is 88.5 Å². The first-order valence-corrected chi connectivity index (χ1v) is 4.87. The Hall–Kier alpha value is -1.09. The molecule has 1 heterocycles. The van der Waals surface area contributed by atoms with Crippen molar-refractivity contribution in [2.45, 2.75) is 25.8 Å². The van der Waals surface area contributed by atoms with Crippen molar-refractivity contribution in [2.24, 2.45) is 0 Å². The molecular formula is C10H13ClN2O. The van der Waals surface area contributed by atoms with Crippen LogP contribution >= 0.6 is 11.6 Å². The van der Waals surface area contributed by atoms with Gasteiger partial charge in [0.15, 0.2) is 0 Å². The van der Waals surface area contributed by atoms with E-state index in [1.54, 1.807) is 13.1 Å². The minimum Gasteiger partial charge on any atom is -0.349 e. The van der Waals surface area contributed by atoms with E-state index in [0.29, 0.717) is 6.54 Å². The Morgan fingerprint density at radius 2 is 2.43 bits per heavy atom. The van der Waals surface area contributed by atoms with Crippen molar-refractivity contribution >= 4 is 17.5 Å². The van der Waals surface area contributed by atoms with Gasteiger partial charge in [0.1, 0.15) is 5.38 Å². The number of aryl methyl sites for hydroxylation is 1. The number of carbonyl (C=O) groups is 1. The standard InChI is InChI=1S/C10H13ClN2O/c1-7-4-3-5-12-9(7)6-13-10(14)8(2)11/h3-5,8H,6H2,1-2H3,(H,13,14). The molecule has 1 amide bonds. The molecule has 0 aliphatic rings. The number of amides is 1. The summed E-state index contributed by atoms with van der Waals surface area (Å²) < 4.78 is 0. The summed E-state index contributed by atoms with van der Waals surface area (Å²) in [6, 6.07) is 3.82. The van der Waals surface area contributed by atoms with Crippen molar-refractivity contribution < 1.29 is 4.79 Å². The summed E-state index contributed by atoms with van der Waals surface area (Å²) in [5.74, 6) is -0.170. The highest BCUT2D eigenvalue weighted by Crippen LogP contribution is 2.02. The first kappa shape index (κ1) is 11.0. The second-order valence-electron chi connectivity index (χ2n) is 3.10.